The van der Waals surface area contributed by atoms with E-state index in [9.17, 15) is 0 Å². The number of benzene rings is 1. The van der Waals surface area contributed by atoms with Gasteiger partial charge in [0.2, 0.25) is 0 Å². The van der Waals surface area contributed by atoms with Crippen LogP contribution in [0.3, 0.4) is 0 Å². The highest BCUT2D eigenvalue weighted by molar-refractivity contribution is 9.11. The van der Waals surface area contributed by atoms with Crippen LogP contribution < -0.4 is 5.32 Å². The van der Waals surface area contributed by atoms with E-state index in [1.807, 2.05) is 7.05 Å². The van der Waals surface area contributed by atoms with Gasteiger partial charge in [0.1, 0.15) is 0 Å². The van der Waals surface area contributed by atoms with Crippen LogP contribution in [-0.4, -0.2) is 19.8 Å². The van der Waals surface area contributed by atoms with Crippen molar-refractivity contribution < 1.29 is 4.74 Å². The molecule has 4 heteroatoms. The third-order valence-electron chi connectivity index (χ3n) is 3.44. The second-order valence-electron chi connectivity index (χ2n) is 4.76. The fourth-order valence-corrected chi connectivity index (χ4v) is 3.81. The topological polar surface area (TPSA) is 21.3 Å². The van der Waals surface area contributed by atoms with Gasteiger partial charge in [0, 0.05) is 21.6 Å². The molecule has 1 N–H and O–H groups in total. The highest BCUT2D eigenvalue weighted by Crippen LogP contribution is 2.28. The molecule has 0 saturated carbocycles. The maximum Gasteiger partial charge on any atom is 0.0576 e. The molecule has 2 rings (SSSR count). The Hall–Kier alpha value is 0.1000. The molecule has 1 aromatic carbocycles. The lowest BCUT2D eigenvalue weighted by Gasteiger charge is -2.19. The van der Waals surface area contributed by atoms with Gasteiger partial charge in [-0.3, -0.25) is 0 Å². The SMILES string of the molecule is CNC(CCC1CCCO1)c1cc(Br)cc(Br)c1. The van der Waals surface area contributed by atoms with Crippen molar-refractivity contribution in [3.05, 3.63) is 32.7 Å². The number of nitrogens with one attached hydrogen (secondary N) is 1. The van der Waals surface area contributed by atoms with Gasteiger partial charge in [0.15, 0.2) is 0 Å². The predicted molar refractivity (Wildman–Crippen MR) is 81.9 cm³/mol. The largest absolute Gasteiger partial charge is 0.378 e. The van der Waals surface area contributed by atoms with E-state index in [4.69, 9.17) is 4.74 Å². The highest BCUT2D eigenvalue weighted by atomic mass is 79.9. The van der Waals surface area contributed by atoms with Crippen molar-refractivity contribution in [3.63, 3.8) is 0 Å². The molecule has 1 aromatic rings. The Labute approximate surface area is 126 Å². The number of hydrogen-bond donors (Lipinski definition) is 1. The lowest BCUT2D eigenvalue weighted by Crippen LogP contribution is -2.18. The Balaban J connectivity index is 1.98. The van der Waals surface area contributed by atoms with Crippen LogP contribution in [0.15, 0.2) is 27.1 Å². The van der Waals surface area contributed by atoms with Crippen molar-refractivity contribution in [2.75, 3.05) is 13.7 Å². The van der Waals surface area contributed by atoms with Gasteiger partial charge in [-0.05, 0) is 56.5 Å². The summed E-state index contributed by atoms with van der Waals surface area (Å²) in [4.78, 5) is 0. The minimum absolute atomic E-state index is 0.392. The maximum atomic E-state index is 5.68. The van der Waals surface area contributed by atoms with E-state index in [0.717, 1.165) is 28.4 Å². The highest BCUT2D eigenvalue weighted by Gasteiger charge is 2.18. The Bertz CT molecular complexity index is 371. The average molecular weight is 377 g/mol. The van der Waals surface area contributed by atoms with Gasteiger partial charge in [-0.15, -0.1) is 0 Å². The summed E-state index contributed by atoms with van der Waals surface area (Å²) in [5.41, 5.74) is 1.32. The van der Waals surface area contributed by atoms with Crippen molar-refractivity contribution in [1.29, 1.82) is 0 Å². The first-order valence-corrected chi connectivity index (χ1v) is 8.02. The van der Waals surface area contributed by atoms with Gasteiger partial charge in [0.25, 0.3) is 0 Å². The summed E-state index contributed by atoms with van der Waals surface area (Å²) in [5.74, 6) is 0. The third-order valence-corrected chi connectivity index (χ3v) is 4.35. The standard InChI is InChI=1S/C14H19Br2NO/c1-17-14(5-4-13-3-2-6-18-13)10-7-11(15)9-12(16)8-10/h7-9,13-14,17H,2-6H2,1H3. The average Bonchev–Trinajstić information content (AvgIpc) is 2.81. The number of halogens is 2. The second-order valence-corrected chi connectivity index (χ2v) is 6.59. The molecular formula is C14H19Br2NO. The Morgan fingerprint density at radius 3 is 2.61 bits per heavy atom. The Morgan fingerprint density at radius 1 is 1.33 bits per heavy atom. The molecule has 0 aliphatic carbocycles. The van der Waals surface area contributed by atoms with Gasteiger partial charge in [0.05, 0.1) is 6.10 Å². The molecule has 0 radical (unpaired) electrons. The molecule has 2 atom stereocenters. The zero-order chi connectivity index (χ0) is 13.0. The van der Waals surface area contributed by atoms with Gasteiger partial charge in [-0.25, -0.2) is 0 Å². The summed E-state index contributed by atoms with van der Waals surface area (Å²) in [5, 5.41) is 3.40. The summed E-state index contributed by atoms with van der Waals surface area (Å²) < 4.78 is 7.91. The molecule has 0 aromatic heterocycles. The number of rotatable bonds is 5. The summed E-state index contributed by atoms with van der Waals surface area (Å²) >= 11 is 7.09. The van der Waals surface area contributed by atoms with Crippen LogP contribution in [0.5, 0.6) is 0 Å². The van der Waals surface area contributed by atoms with Crippen LogP contribution in [0.4, 0.5) is 0 Å². The van der Waals surface area contributed by atoms with E-state index in [1.54, 1.807) is 0 Å². The van der Waals surface area contributed by atoms with Crippen LogP contribution >= 0.6 is 31.9 Å². The number of hydrogen-bond acceptors (Lipinski definition) is 2. The van der Waals surface area contributed by atoms with Gasteiger partial charge < -0.3 is 10.1 Å². The quantitative estimate of drug-likeness (QED) is 0.820. The molecule has 0 bridgehead atoms. The van der Waals surface area contributed by atoms with Crippen molar-refractivity contribution in [3.8, 4) is 0 Å². The first kappa shape index (κ1) is 14.5. The zero-order valence-corrected chi connectivity index (χ0v) is 13.8. The summed E-state index contributed by atoms with van der Waals surface area (Å²) in [6.45, 7) is 0.942. The van der Waals surface area contributed by atoms with Crippen molar-refractivity contribution in [2.24, 2.45) is 0 Å². The normalized spacial score (nSPS) is 21.2. The molecule has 1 aliphatic heterocycles. The second kappa shape index (κ2) is 7.04. The van der Waals surface area contributed by atoms with E-state index in [0.29, 0.717) is 12.1 Å². The van der Waals surface area contributed by atoms with E-state index >= 15 is 0 Å². The van der Waals surface area contributed by atoms with Crippen LogP contribution in [0.2, 0.25) is 0 Å². The Kier molecular flexibility index (Phi) is 5.67. The molecule has 2 unspecified atom stereocenters. The van der Waals surface area contributed by atoms with Crippen LogP contribution in [0.25, 0.3) is 0 Å². The lowest BCUT2D eigenvalue weighted by atomic mass is 9.99. The fourth-order valence-electron chi connectivity index (χ4n) is 2.48. The smallest absolute Gasteiger partial charge is 0.0576 e. The molecule has 1 saturated heterocycles. The van der Waals surface area contributed by atoms with Crippen molar-refractivity contribution in [1.82, 2.24) is 5.32 Å². The minimum atomic E-state index is 0.392. The summed E-state index contributed by atoms with van der Waals surface area (Å²) in [6.07, 6.45) is 5.16. The summed E-state index contributed by atoms with van der Waals surface area (Å²) in [7, 11) is 2.02. The number of ether oxygens (including phenoxy) is 1. The maximum absolute atomic E-state index is 5.68. The van der Waals surface area contributed by atoms with Gasteiger partial charge in [-0.2, -0.15) is 0 Å². The summed E-state index contributed by atoms with van der Waals surface area (Å²) in [6, 6.07) is 6.82. The lowest BCUT2D eigenvalue weighted by molar-refractivity contribution is 0.0998. The predicted octanol–water partition coefficient (Wildman–Crippen LogP) is 4.43. The molecule has 2 nitrogen and oxygen atoms in total. The molecular weight excluding hydrogens is 358 g/mol. The van der Waals surface area contributed by atoms with Crippen LogP contribution in [0.1, 0.15) is 37.3 Å². The minimum Gasteiger partial charge on any atom is -0.378 e. The Morgan fingerprint density at radius 2 is 2.06 bits per heavy atom. The van der Waals surface area contributed by atoms with E-state index in [2.05, 4.69) is 55.4 Å². The molecule has 0 amide bonds. The molecule has 1 fully saturated rings. The molecule has 100 valence electrons. The first-order chi connectivity index (χ1) is 8.69. The molecule has 0 spiro atoms. The van der Waals surface area contributed by atoms with Gasteiger partial charge >= 0.3 is 0 Å². The molecule has 1 aliphatic rings. The van der Waals surface area contributed by atoms with E-state index in [-0.39, 0.29) is 0 Å². The fraction of sp³-hybridized carbons (Fsp3) is 0.571. The van der Waals surface area contributed by atoms with Crippen LogP contribution in [0, 0.1) is 0 Å². The third kappa shape index (κ3) is 4.05. The molecule has 18 heavy (non-hydrogen) atoms. The van der Waals surface area contributed by atoms with Crippen LogP contribution in [-0.2, 0) is 4.74 Å². The van der Waals surface area contributed by atoms with Crippen molar-refractivity contribution in [2.45, 2.75) is 37.8 Å². The zero-order valence-electron chi connectivity index (χ0n) is 10.6. The van der Waals surface area contributed by atoms with Gasteiger partial charge in [-0.1, -0.05) is 31.9 Å². The van der Waals surface area contributed by atoms with Crippen molar-refractivity contribution >= 4 is 31.9 Å². The van der Waals surface area contributed by atoms with E-state index < -0.39 is 0 Å². The molecule has 1 heterocycles. The first-order valence-electron chi connectivity index (χ1n) is 6.44. The monoisotopic (exact) mass is 375 g/mol. The van der Waals surface area contributed by atoms with E-state index in [1.165, 1.54) is 18.4 Å².